The van der Waals surface area contributed by atoms with Crippen LogP contribution in [0.1, 0.15) is 41.6 Å². The van der Waals surface area contributed by atoms with Crippen molar-refractivity contribution in [2.24, 2.45) is 5.92 Å². The molecular formula is C23H27ClN2O2. The first-order valence-electron chi connectivity index (χ1n) is 10.2. The van der Waals surface area contributed by atoms with Crippen molar-refractivity contribution >= 4 is 17.5 Å². The SMILES string of the molecule is O=C(c1ccccc1OCc1ccccc1Cl)N1CCC(NCC2CC2)CC1. The summed E-state index contributed by atoms with van der Waals surface area (Å²) in [6, 6.07) is 15.6. The molecule has 1 aliphatic carbocycles. The van der Waals surface area contributed by atoms with Crippen molar-refractivity contribution in [3.63, 3.8) is 0 Å². The fraction of sp³-hybridized carbons (Fsp3) is 0.435. The van der Waals surface area contributed by atoms with E-state index in [-0.39, 0.29) is 5.91 Å². The van der Waals surface area contributed by atoms with Gasteiger partial charge in [-0.15, -0.1) is 0 Å². The number of benzene rings is 2. The topological polar surface area (TPSA) is 41.6 Å². The van der Waals surface area contributed by atoms with E-state index in [1.807, 2.05) is 53.4 Å². The van der Waals surface area contributed by atoms with Crippen molar-refractivity contribution in [1.29, 1.82) is 0 Å². The number of nitrogens with zero attached hydrogens (tertiary/aromatic N) is 1. The predicted octanol–water partition coefficient (Wildman–Crippen LogP) is 4.52. The molecule has 1 saturated heterocycles. The van der Waals surface area contributed by atoms with Crippen LogP contribution in [0.4, 0.5) is 0 Å². The van der Waals surface area contributed by atoms with E-state index >= 15 is 0 Å². The van der Waals surface area contributed by atoms with Crippen LogP contribution < -0.4 is 10.1 Å². The minimum absolute atomic E-state index is 0.0513. The van der Waals surface area contributed by atoms with Crippen LogP contribution >= 0.6 is 11.6 Å². The molecule has 1 aliphatic heterocycles. The Morgan fingerprint density at radius 2 is 1.75 bits per heavy atom. The lowest BCUT2D eigenvalue weighted by Crippen LogP contribution is -2.45. The third-order valence-electron chi connectivity index (χ3n) is 5.63. The number of nitrogens with one attached hydrogen (secondary N) is 1. The first kappa shape index (κ1) is 19.3. The van der Waals surface area contributed by atoms with Crippen molar-refractivity contribution in [2.75, 3.05) is 19.6 Å². The average Bonchev–Trinajstić information content (AvgIpc) is 3.56. The molecule has 148 valence electrons. The van der Waals surface area contributed by atoms with E-state index in [0.717, 1.165) is 44.0 Å². The highest BCUT2D eigenvalue weighted by Gasteiger charge is 2.27. The molecular weight excluding hydrogens is 372 g/mol. The lowest BCUT2D eigenvalue weighted by molar-refractivity contribution is 0.0700. The Balaban J connectivity index is 1.36. The zero-order valence-corrected chi connectivity index (χ0v) is 16.8. The van der Waals surface area contributed by atoms with Gasteiger partial charge in [-0.2, -0.15) is 0 Å². The summed E-state index contributed by atoms with van der Waals surface area (Å²) in [5.74, 6) is 1.55. The highest BCUT2D eigenvalue weighted by atomic mass is 35.5. The third kappa shape index (κ3) is 4.86. The van der Waals surface area contributed by atoms with Gasteiger partial charge in [-0.25, -0.2) is 0 Å². The van der Waals surface area contributed by atoms with Gasteiger partial charge in [-0.05, 0) is 56.3 Å². The highest BCUT2D eigenvalue weighted by molar-refractivity contribution is 6.31. The molecule has 0 bridgehead atoms. The van der Waals surface area contributed by atoms with E-state index in [1.54, 1.807) is 0 Å². The van der Waals surface area contributed by atoms with Crippen molar-refractivity contribution in [3.05, 3.63) is 64.7 Å². The molecule has 1 heterocycles. The number of hydrogen-bond donors (Lipinski definition) is 1. The predicted molar refractivity (Wildman–Crippen MR) is 112 cm³/mol. The highest BCUT2D eigenvalue weighted by Crippen LogP contribution is 2.28. The van der Waals surface area contributed by atoms with Crippen LogP contribution in [-0.2, 0) is 6.61 Å². The summed E-state index contributed by atoms with van der Waals surface area (Å²) in [6.45, 7) is 3.06. The van der Waals surface area contributed by atoms with E-state index in [9.17, 15) is 4.79 Å². The smallest absolute Gasteiger partial charge is 0.257 e. The van der Waals surface area contributed by atoms with Gasteiger partial charge in [0, 0.05) is 29.7 Å². The second-order valence-corrected chi connectivity index (χ2v) is 8.20. The minimum atomic E-state index is 0.0513. The molecule has 0 atom stereocenters. The number of carbonyl (C=O) groups is 1. The van der Waals surface area contributed by atoms with Crippen LogP contribution in [0.25, 0.3) is 0 Å². The van der Waals surface area contributed by atoms with Crippen molar-refractivity contribution in [1.82, 2.24) is 10.2 Å². The second-order valence-electron chi connectivity index (χ2n) is 7.79. The number of halogens is 1. The number of hydrogen-bond acceptors (Lipinski definition) is 3. The Hall–Kier alpha value is -2.04. The summed E-state index contributed by atoms with van der Waals surface area (Å²) >= 11 is 6.22. The molecule has 4 rings (SSSR count). The van der Waals surface area contributed by atoms with Crippen LogP contribution in [0.5, 0.6) is 5.75 Å². The van der Waals surface area contributed by atoms with Crippen LogP contribution in [0.3, 0.4) is 0 Å². The summed E-state index contributed by atoms with van der Waals surface area (Å²) in [4.78, 5) is 15.0. The normalized spacial score (nSPS) is 17.5. The Kier molecular flexibility index (Phi) is 6.18. The molecule has 0 spiro atoms. The fourth-order valence-corrected chi connectivity index (χ4v) is 3.84. The number of carbonyl (C=O) groups excluding carboxylic acids is 1. The largest absolute Gasteiger partial charge is 0.488 e. The number of likely N-dealkylation sites (tertiary alicyclic amines) is 1. The van der Waals surface area contributed by atoms with E-state index in [4.69, 9.17) is 16.3 Å². The number of ether oxygens (including phenoxy) is 1. The van der Waals surface area contributed by atoms with Crippen LogP contribution in [0, 0.1) is 5.92 Å². The first-order valence-corrected chi connectivity index (χ1v) is 10.6. The molecule has 2 aliphatic rings. The van der Waals surface area contributed by atoms with E-state index < -0.39 is 0 Å². The Morgan fingerprint density at radius 3 is 2.50 bits per heavy atom. The van der Waals surface area contributed by atoms with E-state index in [1.165, 1.54) is 12.8 Å². The second kappa shape index (κ2) is 8.97. The summed E-state index contributed by atoms with van der Waals surface area (Å²) in [6.07, 6.45) is 4.77. The molecule has 28 heavy (non-hydrogen) atoms. The van der Waals surface area contributed by atoms with Gasteiger partial charge in [0.2, 0.25) is 0 Å². The molecule has 4 nitrogen and oxygen atoms in total. The minimum Gasteiger partial charge on any atom is -0.488 e. The standard InChI is InChI=1S/C23H27ClN2O2/c24-21-7-3-1-5-18(21)16-28-22-8-4-2-6-20(22)23(27)26-13-11-19(12-14-26)25-15-17-9-10-17/h1-8,17,19,25H,9-16H2. The van der Waals surface area contributed by atoms with Gasteiger partial charge in [-0.3, -0.25) is 4.79 Å². The van der Waals surface area contributed by atoms with Gasteiger partial charge < -0.3 is 15.0 Å². The van der Waals surface area contributed by atoms with Crippen molar-refractivity contribution in [3.8, 4) is 5.75 Å². The molecule has 2 aromatic rings. The van der Waals surface area contributed by atoms with Gasteiger partial charge in [0.25, 0.3) is 5.91 Å². The average molecular weight is 399 g/mol. The lowest BCUT2D eigenvalue weighted by Gasteiger charge is -2.33. The van der Waals surface area contributed by atoms with Crippen LogP contribution in [-0.4, -0.2) is 36.5 Å². The van der Waals surface area contributed by atoms with Gasteiger partial charge in [-0.1, -0.05) is 41.9 Å². The Labute approximate surface area is 171 Å². The number of piperidine rings is 1. The molecule has 5 heteroatoms. The molecule has 0 radical (unpaired) electrons. The number of para-hydroxylation sites is 1. The molecule has 0 aromatic heterocycles. The van der Waals surface area contributed by atoms with Crippen molar-refractivity contribution in [2.45, 2.75) is 38.3 Å². The lowest BCUT2D eigenvalue weighted by atomic mass is 10.0. The maximum atomic E-state index is 13.1. The molecule has 0 unspecified atom stereocenters. The zero-order valence-electron chi connectivity index (χ0n) is 16.1. The summed E-state index contributed by atoms with van der Waals surface area (Å²) in [7, 11) is 0. The van der Waals surface area contributed by atoms with Gasteiger partial charge in [0.15, 0.2) is 0 Å². The fourth-order valence-electron chi connectivity index (χ4n) is 3.65. The summed E-state index contributed by atoms with van der Waals surface area (Å²) in [5.41, 5.74) is 1.54. The molecule has 2 fully saturated rings. The summed E-state index contributed by atoms with van der Waals surface area (Å²) < 4.78 is 5.96. The quantitative estimate of drug-likeness (QED) is 0.745. The number of rotatable bonds is 7. The van der Waals surface area contributed by atoms with E-state index in [2.05, 4.69) is 5.32 Å². The maximum absolute atomic E-state index is 13.1. The molecule has 1 N–H and O–H groups in total. The molecule has 1 amide bonds. The maximum Gasteiger partial charge on any atom is 0.257 e. The zero-order chi connectivity index (χ0) is 19.3. The third-order valence-corrected chi connectivity index (χ3v) is 6.00. The Bertz CT molecular complexity index is 814. The monoisotopic (exact) mass is 398 g/mol. The van der Waals surface area contributed by atoms with Gasteiger partial charge >= 0.3 is 0 Å². The Morgan fingerprint density at radius 1 is 1.04 bits per heavy atom. The summed E-state index contributed by atoms with van der Waals surface area (Å²) in [5, 5.41) is 4.34. The van der Waals surface area contributed by atoms with Crippen LogP contribution in [0.2, 0.25) is 5.02 Å². The van der Waals surface area contributed by atoms with Gasteiger partial charge in [0.05, 0.1) is 5.56 Å². The van der Waals surface area contributed by atoms with Crippen molar-refractivity contribution < 1.29 is 9.53 Å². The molecule has 1 saturated carbocycles. The van der Waals surface area contributed by atoms with E-state index in [0.29, 0.717) is 29.0 Å². The number of amides is 1. The first-order chi connectivity index (χ1) is 13.7. The van der Waals surface area contributed by atoms with Crippen LogP contribution in [0.15, 0.2) is 48.5 Å². The van der Waals surface area contributed by atoms with Gasteiger partial charge in [0.1, 0.15) is 12.4 Å². The molecule has 2 aromatic carbocycles.